The normalized spacial score (nSPS) is 29.0. The van der Waals surface area contributed by atoms with Gasteiger partial charge < -0.3 is 24.8 Å². The van der Waals surface area contributed by atoms with E-state index in [4.69, 9.17) is 9.47 Å². The second kappa shape index (κ2) is 6.62. The van der Waals surface area contributed by atoms with Crippen LogP contribution in [0.4, 0.5) is 4.79 Å². The quantitative estimate of drug-likeness (QED) is 0.806. The summed E-state index contributed by atoms with van der Waals surface area (Å²) in [7, 11) is 0. The van der Waals surface area contributed by atoms with Crippen molar-refractivity contribution in [3.63, 3.8) is 0 Å². The van der Waals surface area contributed by atoms with E-state index in [2.05, 4.69) is 5.32 Å². The molecule has 120 valence electrons. The Bertz CT molecular complexity index is 395. The SMILES string of the molecule is CCC1COC(C)CN1C(=O)NC1(C(=O)O)CCOCC1. The van der Waals surface area contributed by atoms with E-state index in [9.17, 15) is 14.7 Å². The summed E-state index contributed by atoms with van der Waals surface area (Å²) in [5.41, 5.74) is -1.21. The second-order valence-corrected chi connectivity index (χ2v) is 5.79. The first-order valence-electron chi connectivity index (χ1n) is 7.50. The third-order valence-corrected chi connectivity index (χ3v) is 4.30. The zero-order valence-electron chi connectivity index (χ0n) is 12.6. The van der Waals surface area contributed by atoms with Crippen LogP contribution in [0.3, 0.4) is 0 Å². The number of nitrogens with zero attached hydrogens (tertiary/aromatic N) is 1. The third kappa shape index (κ3) is 3.47. The zero-order valence-corrected chi connectivity index (χ0v) is 12.6. The summed E-state index contributed by atoms with van der Waals surface area (Å²) in [6.45, 7) is 5.58. The van der Waals surface area contributed by atoms with Crippen molar-refractivity contribution in [1.82, 2.24) is 10.2 Å². The predicted molar refractivity (Wildman–Crippen MR) is 75.2 cm³/mol. The van der Waals surface area contributed by atoms with Gasteiger partial charge in [0, 0.05) is 32.6 Å². The molecule has 0 aliphatic carbocycles. The molecule has 0 radical (unpaired) electrons. The molecule has 0 aromatic heterocycles. The average molecular weight is 300 g/mol. The summed E-state index contributed by atoms with van der Waals surface area (Å²) in [5, 5.41) is 12.2. The van der Waals surface area contributed by atoms with Crippen molar-refractivity contribution in [2.24, 2.45) is 0 Å². The number of ether oxygens (including phenoxy) is 2. The smallest absolute Gasteiger partial charge is 0.329 e. The van der Waals surface area contributed by atoms with Crippen molar-refractivity contribution in [2.45, 2.75) is 50.8 Å². The molecule has 2 rings (SSSR count). The van der Waals surface area contributed by atoms with Gasteiger partial charge in [0.05, 0.1) is 18.8 Å². The van der Waals surface area contributed by atoms with Gasteiger partial charge in [0.2, 0.25) is 0 Å². The van der Waals surface area contributed by atoms with E-state index in [1.165, 1.54) is 0 Å². The lowest BCUT2D eigenvalue weighted by molar-refractivity contribution is -0.148. The maximum atomic E-state index is 12.5. The Morgan fingerprint density at radius 3 is 2.62 bits per heavy atom. The summed E-state index contributed by atoms with van der Waals surface area (Å²) >= 11 is 0. The Kier molecular flexibility index (Phi) is 5.05. The highest BCUT2D eigenvalue weighted by Gasteiger charge is 2.43. The van der Waals surface area contributed by atoms with Crippen molar-refractivity contribution < 1.29 is 24.2 Å². The number of urea groups is 1. The molecule has 2 aliphatic rings. The summed E-state index contributed by atoms with van der Waals surface area (Å²) in [4.78, 5) is 25.8. The Hall–Kier alpha value is -1.34. The third-order valence-electron chi connectivity index (χ3n) is 4.30. The Labute approximate surface area is 124 Å². The molecule has 2 saturated heterocycles. The van der Waals surface area contributed by atoms with Crippen molar-refractivity contribution in [1.29, 1.82) is 0 Å². The van der Waals surface area contributed by atoms with Crippen LogP contribution in [0.5, 0.6) is 0 Å². The van der Waals surface area contributed by atoms with Crippen LogP contribution in [0.15, 0.2) is 0 Å². The fourth-order valence-corrected chi connectivity index (χ4v) is 2.82. The lowest BCUT2D eigenvalue weighted by Crippen LogP contribution is -2.63. The first-order chi connectivity index (χ1) is 9.98. The van der Waals surface area contributed by atoms with Crippen LogP contribution in [0.25, 0.3) is 0 Å². The molecular weight excluding hydrogens is 276 g/mol. The molecule has 2 fully saturated rings. The standard InChI is InChI=1S/C14H24N2O5/c1-3-11-9-21-10(2)8-16(11)13(19)15-14(12(17)18)4-6-20-7-5-14/h10-11H,3-9H2,1-2H3,(H,15,19)(H,17,18). The number of hydrogen-bond donors (Lipinski definition) is 2. The number of amides is 2. The summed E-state index contributed by atoms with van der Waals surface area (Å²) in [5.74, 6) is -0.992. The van der Waals surface area contributed by atoms with E-state index in [0.29, 0.717) is 39.2 Å². The van der Waals surface area contributed by atoms with E-state index in [-0.39, 0.29) is 18.2 Å². The van der Waals surface area contributed by atoms with Gasteiger partial charge in [-0.2, -0.15) is 0 Å². The lowest BCUT2D eigenvalue weighted by Gasteiger charge is -2.41. The molecule has 7 heteroatoms. The number of nitrogens with one attached hydrogen (secondary N) is 1. The fourth-order valence-electron chi connectivity index (χ4n) is 2.82. The maximum Gasteiger partial charge on any atom is 0.329 e. The molecule has 2 atom stereocenters. The molecule has 2 aliphatic heterocycles. The van der Waals surface area contributed by atoms with Crippen molar-refractivity contribution in [3.8, 4) is 0 Å². The minimum Gasteiger partial charge on any atom is -0.480 e. The van der Waals surface area contributed by atoms with Gasteiger partial charge in [-0.3, -0.25) is 0 Å². The highest BCUT2D eigenvalue weighted by Crippen LogP contribution is 2.23. The Morgan fingerprint density at radius 2 is 2.05 bits per heavy atom. The van der Waals surface area contributed by atoms with E-state index >= 15 is 0 Å². The van der Waals surface area contributed by atoms with Crippen LogP contribution >= 0.6 is 0 Å². The topological polar surface area (TPSA) is 88.1 Å². The van der Waals surface area contributed by atoms with Gasteiger partial charge in [0.15, 0.2) is 0 Å². The van der Waals surface area contributed by atoms with E-state index in [1.807, 2.05) is 13.8 Å². The van der Waals surface area contributed by atoms with Gasteiger partial charge >= 0.3 is 12.0 Å². The van der Waals surface area contributed by atoms with Gasteiger partial charge in [-0.25, -0.2) is 9.59 Å². The highest BCUT2D eigenvalue weighted by molar-refractivity contribution is 5.86. The van der Waals surface area contributed by atoms with Crippen LogP contribution in [-0.2, 0) is 14.3 Å². The Balaban J connectivity index is 2.08. The molecule has 0 bridgehead atoms. The number of morpholine rings is 1. The average Bonchev–Trinajstić information content (AvgIpc) is 2.48. The van der Waals surface area contributed by atoms with Gasteiger partial charge in [0.25, 0.3) is 0 Å². The summed E-state index contributed by atoms with van der Waals surface area (Å²) in [6.07, 6.45) is 1.34. The molecule has 2 N–H and O–H groups in total. The van der Waals surface area contributed by atoms with Crippen LogP contribution < -0.4 is 5.32 Å². The van der Waals surface area contributed by atoms with Gasteiger partial charge in [-0.15, -0.1) is 0 Å². The molecule has 2 unspecified atom stereocenters. The van der Waals surface area contributed by atoms with E-state index in [0.717, 1.165) is 6.42 Å². The van der Waals surface area contributed by atoms with Crippen molar-refractivity contribution >= 4 is 12.0 Å². The molecule has 21 heavy (non-hydrogen) atoms. The first-order valence-corrected chi connectivity index (χ1v) is 7.50. The van der Waals surface area contributed by atoms with Gasteiger partial charge in [-0.05, 0) is 13.3 Å². The van der Waals surface area contributed by atoms with Crippen molar-refractivity contribution in [3.05, 3.63) is 0 Å². The van der Waals surface area contributed by atoms with E-state index in [1.54, 1.807) is 4.90 Å². The molecule has 0 aromatic carbocycles. The monoisotopic (exact) mass is 300 g/mol. The van der Waals surface area contributed by atoms with Crippen LogP contribution in [0.1, 0.15) is 33.1 Å². The molecular formula is C14H24N2O5. The van der Waals surface area contributed by atoms with Gasteiger partial charge in [0.1, 0.15) is 5.54 Å². The predicted octanol–water partition coefficient (Wildman–Crippen LogP) is 0.829. The minimum atomic E-state index is -1.21. The number of carboxylic acid groups (broad SMARTS) is 1. The number of carboxylic acids is 1. The first kappa shape index (κ1) is 16.0. The molecule has 7 nitrogen and oxygen atoms in total. The molecule has 0 aromatic rings. The minimum absolute atomic E-state index is 0.00751. The molecule has 0 spiro atoms. The number of rotatable bonds is 3. The fraction of sp³-hybridized carbons (Fsp3) is 0.857. The number of aliphatic carboxylic acids is 1. The number of carbonyl (C=O) groups is 2. The Morgan fingerprint density at radius 1 is 1.38 bits per heavy atom. The van der Waals surface area contributed by atoms with Gasteiger partial charge in [-0.1, -0.05) is 6.92 Å². The zero-order chi connectivity index (χ0) is 15.5. The largest absolute Gasteiger partial charge is 0.480 e. The van der Waals surface area contributed by atoms with Crippen LogP contribution in [0, 0.1) is 0 Å². The second-order valence-electron chi connectivity index (χ2n) is 5.79. The number of carbonyl (C=O) groups excluding carboxylic acids is 1. The summed E-state index contributed by atoms with van der Waals surface area (Å²) in [6, 6.07) is -0.326. The summed E-state index contributed by atoms with van der Waals surface area (Å²) < 4.78 is 10.8. The molecule has 0 saturated carbocycles. The maximum absolute atomic E-state index is 12.5. The van der Waals surface area contributed by atoms with Crippen LogP contribution in [-0.4, -0.2) is 66.1 Å². The number of hydrogen-bond acceptors (Lipinski definition) is 4. The molecule has 2 heterocycles. The van der Waals surface area contributed by atoms with Crippen LogP contribution in [0.2, 0.25) is 0 Å². The highest BCUT2D eigenvalue weighted by atomic mass is 16.5. The van der Waals surface area contributed by atoms with Crippen molar-refractivity contribution in [2.75, 3.05) is 26.4 Å². The molecule has 2 amide bonds. The van der Waals surface area contributed by atoms with E-state index < -0.39 is 11.5 Å². The lowest BCUT2D eigenvalue weighted by atomic mass is 9.90.